The molecule has 0 saturated carbocycles. The van der Waals surface area contributed by atoms with E-state index < -0.39 is 11.9 Å². The van der Waals surface area contributed by atoms with Gasteiger partial charge in [-0.3, -0.25) is 0 Å². The summed E-state index contributed by atoms with van der Waals surface area (Å²) in [6.45, 7) is 1.85. The minimum atomic E-state index is -0.786. The molecule has 2 rings (SSSR count). The van der Waals surface area contributed by atoms with E-state index in [2.05, 4.69) is 9.47 Å². The Morgan fingerprint density at radius 2 is 1.70 bits per heavy atom. The third-order valence-corrected chi connectivity index (χ3v) is 3.17. The van der Waals surface area contributed by atoms with Crippen molar-refractivity contribution in [2.75, 3.05) is 14.2 Å². The molecule has 2 aromatic rings. The molecule has 0 unspecified atom stereocenters. The van der Waals surface area contributed by atoms with Gasteiger partial charge in [0.25, 0.3) is 0 Å². The second-order valence-corrected chi connectivity index (χ2v) is 4.30. The first kappa shape index (κ1) is 13.9. The van der Waals surface area contributed by atoms with E-state index in [0.29, 0.717) is 10.8 Å². The standard InChI is InChI=1S/C15H14O5/c1-8-5-4-6-9-10(8)7-11(14(17)19-2)12(13(9)16)15(18)20-3/h4-7,16H,1-3H3. The molecule has 0 heterocycles. The lowest BCUT2D eigenvalue weighted by Crippen LogP contribution is -2.12. The van der Waals surface area contributed by atoms with Crippen LogP contribution < -0.4 is 0 Å². The molecule has 0 aliphatic carbocycles. The second kappa shape index (κ2) is 5.21. The van der Waals surface area contributed by atoms with Gasteiger partial charge < -0.3 is 14.6 Å². The maximum atomic E-state index is 11.8. The van der Waals surface area contributed by atoms with Gasteiger partial charge in [-0.15, -0.1) is 0 Å². The van der Waals surface area contributed by atoms with Crippen LogP contribution in [-0.4, -0.2) is 31.3 Å². The van der Waals surface area contributed by atoms with E-state index in [0.717, 1.165) is 5.56 Å². The second-order valence-electron chi connectivity index (χ2n) is 4.30. The maximum absolute atomic E-state index is 11.8. The Morgan fingerprint density at radius 3 is 2.30 bits per heavy atom. The highest BCUT2D eigenvalue weighted by Crippen LogP contribution is 2.34. The quantitative estimate of drug-likeness (QED) is 0.851. The van der Waals surface area contributed by atoms with Crippen LogP contribution in [0.5, 0.6) is 5.75 Å². The lowest BCUT2D eigenvalue weighted by molar-refractivity contribution is 0.0552. The van der Waals surface area contributed by atoms with Gasteiger partial charge in [0.2, 0.25) is 0 Å². The molecule has 0 saturated heterocycles. The number of carbonyl (C=O) groups is 2. The minimum absolute atomic E-state index is 0.0151. The number of aromatic hydroxyl groups is 1. The van der Waals surface area contributed by atoms with E-state index in [4.69, 9.17) is 0 Å². The molecule has 1 N–H and O–H groups in total. The summed E-state index contributed by atoms with van der Waals surface area (Å²) in [5.74, 6) is -1.77. The predicted molar refractivity (Wildman–Crippen MR) is 73.0 cm³/mol. The summed E-state index contributed by atoms with van der Waals surface area (Å²) in [5, 5.41) is 11.5. The van der Waals surface area contributed by atoms with Gasteiger partial charge in [0.05, 0.1) is 19.8 Å². The average molecular weight is 274 g/mol. The Balaban J connectivity index is 2.90. The van der Waals surface area contributed by atoms with Crippen LogP contribution >= 0.6 is 0 Å². The fourth-order valence-electron chi connectivity index (χ4n) is 2.14. The zero-order valence-corrected chi connectivity index (χ0v) is 11.4. The fourth-order valence-corrected chi connectivity index (χ4v) is 2.14. The maximum Gasteiger partial charge on any atom is 0.342 e. The molecule has 0 fully saturated rings. The largest absolute Gasteiger partial charge is 0.506 e. The fraction of sp³-hybridized carbons (Fsp3) is 0.200. The number of benzene rings is 2. The third-order valence-electron chi connectivity index (χ3n) is 3.17. The van der Waals surface area contributed by atoms with E-state index in [1.807, 2.05) is 13.0 Å². The number of fused-ring (bicyclic) bond motifs is 1. The van der Waals surface area contributed by atoms with Crippen molar-refractivity contribution in [2.45, 2.75) is 6.92 Å². The highest BCUT2D eigenvalue weighted by Gasteiger charge is 2.25. The molecule has 0 aromatic heterocycles. The number of aryl methyl sites for hydroxylation is 1. The Labute approximate surface area is 115 Å². The van der Waals surface area contributed by atoms with Crippen LogP contribution in [0, 0.1) is 6.92 Å². The highest BCUT2D eigenvalue weighted by atomic mass is 16.5. The summed E-state index contributed by atoms with van der Waals surface area (Å²) in [7, 11) is 2.39. The van der Waals surface area contributed by atoms with Gasteiger partial charge in [-0.25, -0.2) is 9.59 Å². The topological polar surface area (TPSA) is 72.8 Å². The van der Waals surface area contributed by atoms with Crippen LogP contribution in [0.4, 0.5) is 0 Å². The van der Waals surface area contributed by atoms with Crippen molar-refractivity contribution in [1.29, 1.82) is 0 Å². The summed E-state index contributed by atoms with van der Waals surface area (Å²) in [5.41, 5.74) is 0.676. The van der Waals surface area contributed by atoms with Gasteiger partial charge in [0.1, 0.15) is 11.3 Å². The number of hydrogen-bond donors (Lipinski definition) is 1. The van der Waals surface area contributed by atoms with Gasteiger partial charge in [0.15, 0.2) is 0 Å². The Morgan fingerprint density at radius 1 is 1.05 bits per heavy atom. The molecule has 104 valence electrons. The van der Waals surface area contributed by atoms with Gasteiger partial charge in [-0.2, -0.15) is 0 Å². The van der Waals surface area contributed by atoms with E-state index in [1.54, 1.807) is 12.1 Å². The predicted octanol–water partition coefficient (Wildman–Crippen LogP) is 2.43. The summed E-state index contributed by atoms with van der Waals surface area (Å²) >= 11 is 0. The smallest absolute Gasteiger partial charge is 0.342 e. The number of methoxy groups -OCH3 is 2. The number of rotatable bonds is 2. The summed E-state index contributed by atoms with van der Waals surface area (Å²) in [6.07, 6.45) is 0. The number of ether oxygens (including phenoxy) is 2. The van der Waals surface area contributed by atoms with Gasteiger partial charge in [0, 0.05) is 5.39 Å². The number of esters is 2. The van der Waals surface area contributed by atoms with Crippen molar-refractivity contribution in [3.05, 3.63) is 41.0 Å². The molecule has 0 amide bonds. The van der Waals surface area contributed by atoms with Crippen LogP contribution in [0.25, 0.3) is 10.8 Å². The molecule has 0 aliphatic heterocycles. The van der Waals surface area contributed by atoms with Crippen LogP contribution in [-0.2, 0) is 9.47 Å². The van der Waals surface area contributed by atoms with E-state index in [9.17, 15) is 14.7 Å². The summed E-state index contributed by atoms with van der Waals surface area (Å²) < 4.78 is 9.28. The lowest BCUT2D eigenvalue weighted by Gasteiger charge is -2.12. The summed E-state index contributed by atoms with van der Waals surface area (Å²) in [4.78, 5) is 23.6. The summed E-state index contributed by atoms with van der Waals surface area (Å²) in [6, 6.07) is 6.81. The van der Waals surface area contributed by atoms with Crippen molar-refractivity contribution in [2.24, 2.45) is 0 Å². The average Bonchev–Trinajstić information content (AvgIpc) is 2.46. The zero-order valence-electron chi connectivity index (χ0n) is 11.4. The molecule has 2 aromatic carbocycles. The first-order valence-corrected chi connectivity index (χ1v) is 5.93. The van der Waals surface area contributed by atoms with Crippen LogP contribution in [0.15, 0.2) is 24.3 Å². The first-order valence-electron chi connectivity index (χ1n) is 5.93. The van der Waals surface area contributed by atoms with Crippen molar-refractivity contribution in [3.8, 4) is 5.75 Å². The molecule has 5 nitrogen and oxygen atoms in total. The van der Waals surface area contributed by atoms with Gasteiger partial charge >= 0.3 is 11.9 Å². The monoisotopic (exact) mass is 274 g/mol. The highest BCUT2D eigenvalue weighted by molar-refractivity contribution is 6.11. The SMILES string of the molecule is COC(=O)c1cc2c(C)cccc2c(O)c1C(=O)OC. The van der Waals surface area contributed by atoms with Crippen molar-refractivity contribution in [3.63, 3.8) is 0 Å². The molecule has 0 bridgehead atoms. The lowest BCUT2D eigenvalue weighted by atomic mass is 9.96. The number of hydrogen-bond acceptors (Lipinski definition) is 5. The van der Waals surface area contributed by atoms with Crippen molar-refractivity contribution in [1.82, 2.24) is 0 Å². The molecule has 0 spiro atoms. The molecule has 0 atom stereocenters. The van der Waals surface area contributed by atoms with E-state index in [1.165, 1.54) is 20.3 Å². The molecule has 20 heavy (non-hydrogen) atoms. The van der Waals surface area contributed by atoms with Crippen molar-refractivity contribution < 1.29 is 24.2 Å². The minimum Gasteiger partial charge on any atom is -0.506 e. The number of phenolic OH excluding ortho intramolecular Hbond substituents is 1. The zero-order chi connectivity index (χ0) is 14.9. The third kappa shape index (κ3) is 2.07. The van der Waals surface area contributed by atoms with Gasteiger partial charge in [-0.1, -0.05) is 18.2 Å². The molecular weight excluding hydrogens is 260 g/mol. The normalized spacial score (nSPS) is 10.3. The number of phenols is 1. The van der Waals surface area contributed by atoms with Crippen molar-refractivity contribution >= 4 is 22.7 Å². The Kier molecular flexibility index (Phi) is 3.61. The van der Waals surface area contributed by atoms with E-state index >= 15 is 0 Å². The molecule has 5 heteroatoms. The first-order chi connectivity index (χ1) is 9.51. The van der Waals surface area contributed by atoms with Gasteiger partial charge in [-0.05, 0) is 23.9 Å². The van der Waals surface area contributed by atoms with Crippen LogP contribution in [0.1, 0.15) is 26.3 Å². The Bertz CT molecular complexity index is 703. The molecular formula is C15H14O5. The molecule has 0 aliphatic rings. The Hall–Kier alpha value is -2.56. The van der Waals surface area contributed by atoms with Crippen LogP contribution in [0.2, 0.25) is 0 Å². The van der Waals surface area contributed by atoms with E-state index in [-0.39, 0.29) is 16.9 Å². The van der Waals surface area contributed by atoms with Crippen LogP contribution in [0.3, 0.4) is 0 Å². The number of carbonyl (C=O) groups excluding carboxylic acids is 2. The molecule has 0 radical (unpaired) electrons.